The molecule has 1 atom stereocenters. The van der Waals surface area contributed by atoms with E-state index < -0.39 is 5.41 Å². The number of benzene rings is 1. The molecule has 1 aliphatic carbocycles. The third-order valence-corrected chi connectivity index (χ3v) is 4.62. The molecule has 0 spiro atoms. The van der Waals surface area contributed by atoms with Crippen LogP contribution in [0.1, 0.15) is 44.1 Å². The van der Waals surface area contributed by atoms with E-state index in [0.29, 0.717) is 12.3 Å². The lowest BCUT2D eigenvalue weighted by atomic mass is 9.71. The van der Waals surface area contributed by atoms with Gasteiger partial charge in [0.15, 0.2) is 0 Å². The molecule has 108 valence electrons. The summed E-state index contributed by atoms with van der Waals surface area (Å²) in [6.45, 7) is 3.92. The minimum atomic E-state index is -0.594. The molecule has 1 aliphatic rings. The molecule has 0 saturated heterocycles. The van der Waals surface area contributed by atoms with E-state index in [0.717, 1.165) is 12.0 Å². The number of hydrogen-bond donors (Lipinski definition) is 1. The Balaban J connectivity index is 2.16. The molecule has 2 rings (SSSR count). The van der Waals surface area contributed by atoms with Crippen LogP contribution in [0, 0.1) is 11.3 Å². The fourth-order valence-corrected chi connectivity index (χ4v) is 3.38. The van der Waals surface area contributed by atoms with Crippen molar-refractivity contribution in [1.82, 2.24) is 0 Å². The standard InChI is InChI=1S/C18H25NO/c1-2-18(17(19)20,13-15-9-5-3-6-10-15)14-16-11-7-4-8-12-16/h2-3,5-6,9-10,16H,1,4,7-8,11-14H2,(H2,19,20). The molecule has 1 aromatic rings. The Kier molecular flexibility index (Phi) is 4.99. The average Bonchev–Trinajstić information content (AvgIpc) is 2.48. The first-order valence-electron chi connectivity index (χ1n) is 7.64. The van der Waals surface area contributed by atoms with E-state index in [-0.39, 0.29) is 5.91 Å². The third kappa shape index (κ3) is 3.50. The topological polar surface area (TPSA) is 43.1 Å². The van der Waals surface area contributed by atoms with E-state index in [1.807, 2.05) is 18.2 Å². The van der Waals surface area contributed by atoms with Gasteiger partial charge in [0.2, 0.25) is 5.91 Å². The van der Waals surface area contributed by atoms with Crippen molar-refractivity contribution in [3.05, 3.63) is 48.6 Å². The lowest BCUT2D eigenvalue weighted by molar-refractivity contribution is -0.126. The van der Waals surface area contributed by atoms with Gasteiger partial charge < -0.3 is 5.73 Å². The van der Waals surface area contributed by atoms with Gasteiger partial charge in [-0.05, 0) is 24.3 Å². The molecule has 0 aromatic heterocycles. The highest BCUT2D eigenvalue weighted by Gasteiger charge is 2.36. The molecule has 1 amide bonds. The van der Waals surface area contributed by atoms with Crippen molar-refractivity contribution in [3.63, 3.8) is 0 Å². The van der Waals surface area contributed by atoms with Crippen LogP contribution in [-0.2, 0) is 11.2 Å². The zero-order valence-electron chi connectivity index (χ0n) is 12.2. The monoisotopic (exact) mass is 271 g/mol. The molecule has 2 nitrogen and oxygen atoms in total. The first-order valence-corrected chi connectivity index (χ1v) is 7.64. The Morgan fingerprint density at radius 3 is 2.45 bits per heavy atom. The molecule has 0 bridgehead atoms. The van der Waals surface area contributed by atoms with Gasteiger partial charge in [-0.1, -0.05) is 68.5 Å². The van der Waals surface area contributed by atoms with Crippen molar-refractivity contribution in [2.75, 3.05) is 0 Å². The fourth-order valence-electron chi connectivity index (χ4n) is 3.38. The van der Waals surface area contributed by atoms with Gasteiger partial charge in [-0.3, -0.25) is 4.79 Å². The zero-order valence-corrected chi connectivity index (χ0v) is 12.2. The van der Waals surface area contributed by atoms with Crippen molar-refractivity contribution in [2.24, 2.45) is 17.1 Å². The van der Waals surface area contributed by atoms with Crippen LogP contribution in [-0.4, -0.2) is 5.91 Å². The maximum atomic E-state index is 12.1. The average molecular weight is 271 g/mol. The molecule has 20 heavy (non-hydrogen) atoms. The first-order chi connectivity index (χ1) is 9.66. The van der Waals surface area contributed by atoms with Crippen LogP contribution in [0.15, 0.2) is 43.0 Å². The molecule has 1 unspecified atom stereocenters. The van der Waals surface area contributed by atoms with Crippen LogP contribution in [0.2, 0.25) is 0 Å². The number of amides is 1. The number of nitrogens with two attached hydrogens (primary N) is 1. The van der Waals surface area contributed by atoms with Crippen LogP contribution in [0.3, 0.4) is 0 Å². The smallest absolute Gasteiger partial charge is 0.227 e. The van der Waals surface area contributed by atoms with Gasteiger partial charge in [0.05, 0.1) is 5.41 Å². The minimum Gasteiger partial charge on any atom is -0.369 e. The molecule has 0 heterocycles. The summed E-state index contributed by atoms with van der Waals surface area (Å²) in [7, 11) is 0. The first kappa shape index (κ1) is 14.8. The molecule has 1 saturated carbocycles. The minimum absolute atomic E-state index is 0.234. The Morgan fingerprint density at radius 1 is 1.25 bits per heavy atom. The van der Waals surface area contributed by atoms with Crippen LogP contribution < -0.4 is 5.73 Å². The van der Waals surface area contributed by atoms with E-state index in [2.05, 4.69) is 18.7 Å². The molecule has 1 aromatic carbocycles. The highest BCUT2D eigenvalue weighted by atomic mass is 16.1. The molecule has 2 heteroatoms. The Hall–Kier alpha value is -1.57. The van der Waals surface area contributed by atoms with Gasteiger partial charge >= 0.3 is 0 Å². The zero-order chi connectivity index (χ0) is 14.4. The van der Waals surface area contributed by atoms with Crippen LogP contribution in [0.5, 0.6) is 0 Å². The molecule has 2 N–H and O–H groups in total. The fraction of sp³-hybridized carbons (Fsp3) is 0.500. The van der Waals surface area contributed by atoms with Gasteiger partial charge in [0, 0.05) is 0 Å². The van der Waals surface area contributed by atoms with E-state index in [1.165, 1.54) is 32.1 Å². The second-order valence-corrected chi connectivity index (χ2v) is 6.10. The lowest BCUT2D eigenvalue weighted by Crippen LogP contribution is -2.39. The van der Waals surface area contributed by atoms with Crippen LogP contribution >= 0.6 is 0 Å². The van der Waals surface area contributed by atoms with Crippen molar-refractivity contribution >= 4 is 5.91 Å². The third-order valence-electron chi connectivity index (χ3n) is 4.62. The molecule has 0 aliphatic heterocycles. The normalized spacial score (nSPS) is 19.2. The summed E-state index contributed by atoms with van der Waals surface area (Å²) in [5.74, 6) is 0.375. The van der Waals surface area contributed by atoms with Gasteiger partial charge in [-0.2, -0.15) is 0 Å². The Morgan fingerprint density at radius 2 is 1.90 bits per heavy atom. The highest BCUT2D eigenvalue weighted by molar-refractivity contribution is 5.83. The predicted octanol–water partition coefficient (Wildman–Crippen LogP) is 3.86. The summed E-state index contributed by atoms with van der Waals surface area (Å²) >= 11 is 0. The second-order valence-electron chi connectivity index (χ2n) is 6.10. The largest absolute Gasteiger partial charge is 0.369 e. The lowest BCUT2D eigenvalue weighted by Gasteiger charge is -2.33. The maximum Gasteiger partial charge on any atom is 0.227 e. The second kappa shape index (κ2) is 6.74. The summed E-state index contributed by atoms with van der Waals surface area (Å²) < 4.78 is 0. The molecule has 1 fully saturated rings. The summed E-state index contributed by atoms with van der Waals surface area (Å²) in [6, 6.07) is 10.1. The summed E-state index contributed by atoms with van der Waals surface area (Å²) in [6.07, 6.45) is 9.63. The molecular weight excluding hydrogens is 246 g/mol. The maximum absolute atomic E-state index is 12.1. The van der Waals surface area contributed by atoms with E-state index in [1.54, 1.807) is 6.08 Å². The van der Waals surface area contributed by atoms with E-state index in [9.17, 15) is 4.79 Å². The quantitative estimate of drug-likeness (QED) is 0.784. The van der Waals surface area contributed by atoms with Gasteiger partial charge in [-0.15, -0.1) is 6.58 Å². The van der Waals surface area contributed by atoms with Crippen LogP contribution in [0.4, 0.5) is 0 Å². The van der Waals surface area contributed by atoms with Gasteiger partial charge in [0.1, 0.15) is 0 Å². The predicted molar refractivity (Wildman–Crippen MR) is 83.2 cm³/mol. The van der Waals surface area contributed by atoms with Gasteiger partial charge in [-0.25, -0.2) is 0 Å². The van der Waals surface area contributed by atoms with Crippen LogP contribution in [0.25, 0.3) is 0 Å². The van der Waals surface area contributed by atoms with Crippen molar-refractivity contribution in [1.29, 1.82) is 0 Å². The SMILES string of the molecule is C=CC(Cc1ccccc1)(CC1CCCCC1)C(N)=O. The summed E-state index contributed by atoms with van der Waals surface area (Å²) in [5, 5.41) is 0. The van der Waals surface area contributed by atoms with Crippen molar-refractivity contribution in [2.45, 2.75) is 44.9 Å². The highest BCUT2D eigenvalue weighted by Crippen LogP contribution is 2.38. The molecule has 0 radical (unpaired) electrons. The van der Waals surface area contributed by atoms with E-state index >= 15 is 0 Å². The summed E-state index contributed by atoms with van der Waals surface area (Å²) in [5.41, 5.74) is 6.30. The van der Waals surface area contributed by atoms with E-state index in [4.69, 9.17) is 5.73 Å². The van der Waals surface area contributed by atoms with Gasteiger partial charge in [0.25, 0.3) is 0 Å². The molecular formula is C18H25NO. The number of carbonyl (C=O) groups excluding carboxylic acids is 1. The number of rotatable bonds is 6. The van der Waals surface area contributed by atoms with Crippen molar-refractivity contribution < 1.29 is 4.79 Å². The Labute approximate surface area is 122 Å². The summed E-state index contributed by atoms with van der Waals surface area (Å²) in [4.78, 5) is 12.1. The number of hydrogen-bond acceptors (Lipinski definition) is 1. The van der Waals surface area contributed by atoms with Crippen molar-refractivity contribution in [3.8, 4) is 0 Å². The number of carbonyl (C=O) groups is 1. The Bertz CT molecular complexity index is 448. The number of primary amides is 1.